The van der Waals surface area contributed by atoms with Gasteiger partial charge in [-0.15, -0.1) is 0 Å². The van der Waals surface area contributed by atoms with E-state index in [9.17, 15) is 8.78 Å². The number of nitrogens with one attached hydrogen (secondary N) is 1. The van der Waals surface area contributed by atoms with E-state index in [1.165, 1.54) is 24.3 Å². The summed E-state index contributed by atoms with van der Waals surface area (Å²) in [6.07, 6.45) is 0.625. The van der Waals surface area contributed by atoms with Gasteiger partial charge in [0.15, 0.2) is 0 Å². The molecule has 0 aliphatic carbocycles. The molecule has 0 saturated carbocycles. The zero-order valence-electron chi connectivity index (χ0n) is 11.4. The van der Waals surface area contributed by atoms with Crippen LogP contribution in [0.2, 0.25) is 0 Å². The lowest BCUT2D eigenvalue weighted by atomic mass is 9.92. The maximum Gasteiger partial charge on any atom is 0.125 e. The van der Waals surface area contributed by atoms with Crippen molar-refractivity contribution in [1.29, 1.82) is 0 Å². The zero-order valence-corrected chi connectivity index (χ0v) is 11.4. The van der Waals surface area contributed by atoms with E-state index < -0.39 is 5.54 Å². The molecule has 0 saturated heterocycles. The van der Waals surface area contributed by atoms with Crippen molar-refractivity contribution < 1.29 is 8.78 Å². The predicted molar refractivity (Wildman–Crippen MR) is 77.6 cm³/mol. The normalized spacial score (nSPS) is 13.8. The maximum atomic E-state index is 13.2. The molecule has 0 spiro atoms. The van der Waals surface area contributed by atoms with Gasteiger partial charge in [0.25, 0.3) is 0 Å². The molecule has 1 atom stereocenters. The van der Waals surface area contributed by atoms with E-state index in [0.29, 0.717) is 18.7 Å². The van der Waals surface area contributed by atoms with E-state index in [1.807, 2.05) is 6.92 Å². The molecule has 2 aromatic carbocycles. The number of nitrogens with two attached hydrogens (primary N) is 1. The highest BCUT2D eigenvalue weighted by Crippen LogP contribution is 2.20. The van der Waals surface area contributed by atoms with E-state index in [0.717, 1.165) is 5.56 Å². The summed E-state index contributed by atoms with van der Waals surface area (Å²) >= 11 is 0. The SMILES string of the molecule is CC(CN)(Cc1ccc(F)cc1)Nc1cccc(F)c1. The molecule has 0 fully saturated rings. The fourth-order valence-electron chi connectivity index (χ4n) is 2.13. The molecule has 4 heteroatoms. The molecule has 20 heavy (non-hydrogen) atoms. The van der Waals surface area contributed by atoms with Gasteiger partial charge >= 0.3 is 0 Å². The summed E-state index contributed by atoms with van der Waals surface area (Å²) in [7, 11) is 0. The second-order valence-corrected chi connectivity index (χ2v) is 5.20. The molecule has 106 valence electrons. The third kappa shape index (κ3) is 3.78. The van der Waals surface area contributed by atoms with Crippen LogP contribution in [0.1, 0.15) is 12.5 Å². The number of anilines is 1. The molecule has 2 nitrogen and oxygen atoms in total. The van der Waals surface area contributed by atoms with Gasteiger partial charge in [0.1, 0.15) is 11.6 Å². The van der Waals surface area contributed by atoms with Crippen molar-refractivity contribution >= 4 is 5.69 Å². The van der Waals surface area contributed by atoms with Crippen LogP contribution in [-0.4, -0.2) is 12.1 Å². The van der Waals surface area contributed by atoms with Gasteiger partial charge in [0.2, 0.25) is 0 Å². The largest absolute Gasteiger partial charge is 0.378 e. The molecular weight excluding hydrogens is 258 g/mol. The summed E-state index contributed by atoms with van der Waals surface area (Å²) in [5, 5.41) is 3.25. The first-order valence-corrected chi connectivity index (χ1v) is 6.49. The molecule has 3 N–H and O–H groups in total. The van der Waals surface area contributed by atoms with Crippen LogP contribution < -0.4 is 11.1 Å². The summed E-state index contributed by atoms with van der Waals surface area (Å²) in [6, 6.07) is 12.6. The molecule has 0 aliphatic rings. The number of hydrogen-bond acceptors (Lipinski definition) is 2. The smallest absolute Gasteiger partial charge is 0.125 e. The Morgan fingerprint density at radius 3 is 2.35 bits per heavy atom. The van der Waals surface area contributed by atoms with Crippen LogP contribution in [0.15, 0.2) is 48.5 Å². The van der Waals surface area contributed by atoms with Gasteiger partial charge in [-0.2, -0.15) is 0 Å². The van der Waals surface area contributed by atoms with Gasteiger partial charge in [-0.3, -0.25) is 0 Å². The Kier molecular flexibility index (Phi) is 4.35. The van der Waals surface area contributed by atoms with Crippen molar-refractivity contribution in [2.45, 2.75) is 18.9 Å². The molecule has 0 aromatic heterocycles. The fraction of sp³-hybridized carbons (Fsp3) is 0.250. The van der Waals surface area contributed by atoms with Gasteiger partial charge in [-0.05, 0) is 49.2 Å². The first-order chi connectivity index (χ1) is 9.50. The minimum Gasteiger partial charge on any atom is -0.378 e. The van der Waals surface area contributed by atoms with E-state index in [4.69, 9.17) is 5.73 Å². The zero-order chi connectivity index (χ0) is 14.6. The van der Waals surface area contributed by atoms with E-state index in [2.05, 4.69) is 5.32 Å². The molecular formula is C16H18F2N2. The molecule has 2 rings (SSSR count). The average Bonchev–Trinajstić information content (AvgIpc) is 2.41. The van der Waals surface area contributed by atoms with Crippen LogP contribution in [0.5, 0.6) is 0 Å². The summed E-state index contributed by atoms with van der Waals surface area (Å²) in [6.45, 7) is 2.34. The number of halogens is 2. The standard InChI is InChI=1S/C16H18F2N2/c1-16(11-19,10-12-5-7-13(17)8-6-12)20-15-4-2-3-14(18)9-15/h2-9,20H,10-11,19H2,1H3. The summed E-state index contributed by atoms with van der Waals surface area (Å²) in [5.74, 6) is -0.558. The maximum absolute atomic E-state index is 13.2. The van der Waals surface area contributed by atoms with Crippen molar-refractivity contribution in [2.75, 3.05) is 11.9 Å². The molecule has 0 amide bonds. The molecule has 0 bridgehead atoms. The summed E-state index contributed by atoms with van der Waals surface area (Å²) in [4.78, 5) is 0. The van der Waals surface area contributed by atoms with Gasteiger partial charge < -0.3 is 11.1 Å². The van der Waals surface area contributed by atoms with Crippen molar-refractivity contribution in [3.8, 4) is 0 Å². The molecule has 0 heterocycles. The molecule has 1 unspecified atom stereocenters. The Morgan fingerprint density at radius 2 is 1.75 bits per heavy atom. The Bertz CT molecular complexity index is 569. The van der Waals surface area contributed by atoms with E-state index >= 15 is 0 Å². The first-order valence-electron chi connectivity index (χ1n) is 6.49. The number of rotatable bonds is 5. The van der Waals surface area contributed by atoms with Crippen LogP contribution in [0.4, 0.5) is 14.5 Å². The highest BCUT2D eigenvalue weighted by Gasteiger charge is 2.22. The number of benzene rings is 2. The van der Waals surface area contributed by atoms with Gasteiger partial charge in [-0.25, -0.2) is 8.78 Å². The Balaban J connectivity index is 2.14. The highest BCUT2D eigenvalue weighted by molar-refractivity contribution is 5.46. The lowest BCUT2D eigenvalue weighted by molar-refractivity contribution is 0.519. The Hall–Kier alpha value is -1.94. The lowest BCUT2D eigenvalue weighted by Gasteiger charge is -2.31. The van der Waals surface area contributed by atoms with Crippen molar-refractivity contribution in [2.24, 2.45) is 5.73 Å². The van der Waals surface area contributed by atoms with Gasteiger partial charge in [-0.1, -0.05) is 18.2 Å². The monoisotopic (exact) mass is 276 g/mol. The van der Waals surface area contributed by atoms with Crippen molar-refractivity contribution in [3.05, 3.63) is 65.7 Å². The van der Waals surface area contributed by atoms with Crippen LogP contribution in [-0.2, 0) is 6.42 Å². The van der Waals surface area contributed by atoms with Gasteiger partial charge in [0.05, 0.1) is 5.54 Å². The Labute approximate surface area is 117 Å². The molecule has 0 radical (unpaired) electrons. The lowest BCUT2D eigenvalue weighted by Crippen LogP contribution is -2.44. The number of hydrogen-bond donors (Lipinski definition) is 2. The molecule has 2 aromatic rings. The van der Waals surface area contributed by atoms with Crippen LogP contribution in [0.3, 0.4) is 0 Å². The highest BCUT2D eigenvalue weighted by atomic mass is 19.1. The second-order valence-electron chi connectivity index (χ2n) is 5.20. The predicted octanol–water partition coefficient (Wildman–Crippen LogP) is 3.34. The summed E-state index contributed by atoms with van der Waals surface area (Å²) < 4.78 is 26.1. The van der Waals surface area contributed by atoms with Crippen LogP contribution in [0, 0.1) is 11.6 Å². The van der Waals surface area contributed by atoms with E-state index in [-0.39, 0.29) is 11.6 Å². The summed E-state index contributed by atoms with van der Waals surface area (Å²) in [5.41, 5.74) is 7.07. The quantitative estimate of drug-likeness (QED) is 0.879. The average molecular weight is 276 g/mol. The van der Waals surface area contributed by atoms with Crippen molar-refractivity contribution in [1.82, 2.24) is 0 Å². The van der Waals surface area contributed by atoms with Crippen LogP contribution >= 0.6 is 0 Å². The van der Waals surface area contributed by atoms with Crippen molar-refractivity contribution in [3.63, 3.8) is 0 Å². The topological polar surface area (TPSA) is 38.0 Å². The third-order valence-corrected chi connectivity index (χ3v) is 3.23. The third-order valence-electron chi connectivity index (χ3n) is 3.23. The minimum absolute atomic E-state index is 0.263. The van der Waals surface area contributed by atoms with Gasteiger partial charge in [0, 0.05) is 12.2 Å². The van der Waals surface area contributed by atoms with E-state index in [1.54, 1.807) is 24.3 Å². The first kappa shape index (κ1) is 14.5. The van der Waals surface area contributed by atoms with Crippen LogP contribution in [0.25, 0.3) is 0 Å². The minimum atomic E-state index is -0.425. The molecule has 0 aliphatic heterocycles. The second kappa shape index (κ2) is 6.01. The fourth-order valence-corrected chi connectivity index (χ4v) is 2.13. The Morgan fingerprint density at radius 1 is 1.05 bits per heavy atom.